The molecule has 1 saturated heterocycles. The number of rotatable bonds is 3. The van der Waals surface area contributed by atoms with Crippen LogP contribution in [0.4, 0.5) is 0 Å². The molecular formula is C14H15ClN2O5. The lowest BCUT2D eigenvalue weighted by Crippen LogP contribution is -2.36. The van der Waals surface area contributed by atoms with Gasteiger partial charge in [-0.2, -0.15) is 0 Å². The first-order valence-electron chi connectivity index (χ1n) is 6.77. The summed E-state index contributed by atoms with van der Waals surface area (Å²) in [6, 6.07) is 7.21. The number of hydrogen-bond acceptors (Lipinski definition) is 6. The van der Waals surface area contributed by atoms with Gasteiger partial charge in [0.25, 0.3) is 0 Å². The van der Waals surface area contributed by atoms with E-state index in [1.54, 1.807) is 16.7 Å². The summed E-state index contributed by atoms with van der Waals surface area (Å²) < 4.78 is 12.3. The van der Waals surface area contributed by atoms with E-state index < -0.39 is 37.1 Å². The molecule has 4 atom stereocenters. The molecule has 1 fully saturated rings. The minimum Gasteiger partial charge on any atom is -0.455 e. The molecule has 2 aromatic rings. The smallest absolute Gasteiger partial charge is 0.303 e. The van der Waals surface area contributed by atoms with Gasteiger partial charge in [-0.1, -0.05) is 12.1 Å². The molecule has 0 saturated carbocycles. The van der Waals surface area contributed by atoms with Gasteiger partial charge in [-0.05, 0) is 23.7 Å². The lowest BCUT2D eigenvalue weighted by atomic mass is 10.1. The molecule has 1 aromatic heterocycles. The second-order valence-corrected chi connectivity index (χ2v) is 5.39. The van der Waals surface area contributed by atoms with E-state index in [4.69, 9.17) is 21.1 Å². The summed E-state index contributed by atoms with van der Waals surface area (Å²) in [6.07, 6.45) is -3.87. The molecule has 22 heavy (non-hydrogen) atoms. The quantitative estimate of drug-likeness (QED) is 0.813. The fourth-order valence-electron chi connectivity index (χ4n) is 2.65. The van der Waals surface area contributed by atoms with E-state index in [1.807, 2.05) is 12.1 Å². The van der Waals surface area contributed by atoms with Gasteiger partial charge in [0.05, 0.1) is 17.6 Å². The molecule has 1 aromatic carbocycles. The molecule has 1 aliphatic rings. The predicted octanol–water partition coefficient (Wildman–Crippen LogP) is 0.872. The van der Waals surface area contributed by atoms with Gasteiger partial charge in [-0.15, -0.1) is 0 Å². The van der Waals surface area contributed by atoms with Crippen molar-refractivity contribution >= 4 is 28.6 Å². The fraction of sp³-hybridized carbons (Fsp3) is 0.429. The molecule has 2 heterocycles. The van der Waals surface area contributed by atoms with Gasteiger partial charge in [0.1, 0.15) is 12.2 Å². The van der Waals surface area contributed by atoms with Crippen LogP contribution in [0.1, 0.15) is 13.2 Å². The van der Waals surface area contributed by atoms with E-state index >= 15 is 0 Å². The van der Waals surface area contributed by atoms with Crippen molar-refractivity contribution in [3.63, 3.8) is 0 Å². The second kappa shape index (κ2) is 5.85. The number of esters is 1. The summed E-state index contributed by atoms with van der Waals surface area (Å²) in [5, 5.41) is 19.6. The number of para-hydroxylation sites is 2. The molecule has 2 N–H and O–H groups in total. The Morgan fingerprint density at radius 2 is 2.23 bits per heavy atom. The van der Waals surface area contributed by atoms with Gasteiger partial charge in [-0.25, -0.2) is 4.98 Å². The SMILES string of the molecule is CC(=O)O[C@H]1[C@H](O)[C@@H](CO)O[C@H]1n1c(Cl)nc2ccccc21. The van der Waals surface area contributed by atoms with E-state index in [2.05, 4.69) is 4.98 Å². The number of aliphatic hydroxyl groups excluding tert-OH is 2. The van der Waals surface area contributed by atoms with Crippen LogP contribution in [0.3, 0.4) is 0 Å². The number of carbonyl (C=O) groups excluding carboxylic acids is 1. The number of benzene rings is 1. The third kappa shape index (κ3) is 2.46. The molecule has 0 spiro atoms. The van der Waals surface area contributed by atoms with Crippen LogP contribution >= 0.6 is 11.6 Å². The molecule has 0 amide bonds. The Kier molecular flexibility index (Phi) is 4.05. The second-order valence-electron chi connectivity index (χ2n) is 5.05. The van der Waals surface area contributed by atoms with Gasteiger partial charge in [-0.3, -0.25) is 9.36 Å². The number of aromatic nitrogens is 2. The zero-order chi connectivity index (χ0) is 15.9. The highest BCUT2D eigenvalue weighted by molar-refractivity contribution is 6.29. The van der Waals surface area contributed by atoms with Gasteiger partial charge < -0.3 is 19.7 Å². The van der Waals surface area contributed by atoms with Crippen LogP contribution in [0.15, 0.2) is 24.3 Å². The number of imidazole rings is 1. The zero-order valence-corrected chi connectivity index (χ0v) is 12.5. The number of halogens is 1. The van der Waals surface area contributed by atoms with E-state index in [-0.39, 0.29) is 5.28 Å². The first-order valence-corrected chi connectivity index (χ1v) is 7.14. The lowest BCUT2D eigenvalue weighted by Gasteiger charge is -2.22. The summed E-state index contributed by atoms with van der Waals surface area (Å²) in [5.74, 6) is -0.559. The lowest BCUT2D eigenvalue weighted by molar-refractivity contribution is -0.155. The molecule has 8 heteroatoms. The molecule has 118 valence electrons. The predicted molar refractivity (Wildman–Crippen MR) is 77.3 cm³/mol. The number of fused-ring (bicyclic) bond motifs is 1. The molecule has 3 rings (SSSR count). The standard InChI is InChI=1S/C14H15ClN2O5/c1-7(19)21-12-11(20)10(6-18)22-13(12)17-9-5-3-2-4-8(9)16-14(17)15/h2-5,10-13,18,20H,6H2,1H3/t10-,11-,12+,13-/m1/s1. The number of aliphatic hydroxyl groups is 2. The van der Waals surface area contributed by atoms with Gasteiger partial charge in [0.2, 0.25) is 5.28 Å². The van der Waals surface area contributed by atoms with Gasteiger partial charge >= 0.3 is 5.97 Å². The molecule has 0 bridgehead atoms. The Morgan fingerprint density at radius 3 is 2.91 bits per heavy atom. The van der Waals surface area contributed by atoms with Crippen LogP contribution in [0.25, 0.3) is 11.0 Å². The van der Waals surface area contributed by atoms with E-state index in [0.29, 0.717) is 11.0 Å². The fourth-order valence-corrected chi connectivity index (χ4v) is 2.93. The van der Waals surface area contributed by atoms with E-state index in [9.17, 15) is 15.0 Å². The molecule has 0 unspecified atom stereocenters. The Labute approximate surface area is 131 Å². The van der Waals surface area contributed by atoms with Crippen LogP contribution in [-0.4, -0.2) is 50.7 Å². The summed E-state index contributed by atoms with van der Waals surface area (Å²) >= 11 is 6.18. The minimum absolute atomic E-state index is 0.147. The molecule has 7 nitrogen and oxygen atoms in total. The van der Waals surface area contributed by atoms with Crippen LogP contribution in [-0.2, 0) is 14.3 Å². The largest absolute Gasteiger partial charge is 0.455 e. The molecule has 1 aliphatic heterocycles. The van der Waals surface area contributed by atoms with Crippen molar-refractivity contribution in [1.29, 1.82) is 0 Å². The molecular weight excluding hydrogens is 312 g/mol. The Bertz CT molecular complexity index is 704. The van der Waals surface area contributed by atoms with Gasteiger partial charge in [0.15, 0.2) is 12.3 Å². The first kappa shape index (κ1) is 15.2. The van der Waals surface area contributed by atoms with Gasteiger partial charge in [0, 0.05) is 6.92 Å². The average molecular weight is 327 g/mol. The van der Waals surface area contributed by atoms with Crippen LogP contribution in [0, 0.1) is 0 Å². The van der Waals surface area contributed by atoms with E-state index in [1.165, 1.54) is 6.92 Å². The third-order valence-electron chi connectivity index (χ3n) is 3.60. The maximum Gasteiger partial charge on any atom is 0.303 e. The van der Waals surface area contributed by atoms with Crippen molar-refractivity contribution < 1.29 is 24.5 Å². The van der Waals surface area contributed by atoms with Crippen molar-refractivity contribution in [2.45, 2.75) is 31.5 Å². The van der Waals surface area contributed by atoms with Crippen LogP contribution in [0.5, 0.6) is 0 Å². The summed E-state index contributed by atoms with van der Waals surface area (Å²) in [7, 11) is 0. The molecule has 0 radical (unpaired) electrons. The summed E-state index contributed by atoms with van der Waals surface area (Å²) in [4.78, 5) is 15.5. The van der Waals surface area contributed by atoms with Crippen molar-refractivity contribution in [3.8, 4) is 0 Å². The van der Waals surface area contributed by atoms with E-state index in [0.717, 1.165) is 0 Å². The number of ether oxygens (including phenoxy) is 2. The van der Waals surface area contributed by atoms with Crippen molar-refractivity contribution in [2.75, 3.05) is 6.61 Å². The topological polar surface area (TPSA) is 93.8 Å². The van der Waals surface area contributed by atoms with Crippen LogP contribution < -0.4 is 0 Å². The normalized spacial score (nSPS) is 28.2. The maximum atomic E-state index is 11.3. The Hall–Kier alpha value is -1.67. The first-order chi connectivity index (χ1) is 10.5. The zero-order valence-electron chi connectivity index (χ0n) is 11.7. The highest BCUT2D eigenvalue weighted by atomic mass is 35.5. The summed E-state index contributed by atoms with van der Waals surface area (Å²) in [6.45, 7) is 0.837. The number of nitrogens with zero attached hydrogens (tertiary/aromatic N) is 2. The highest BCUT2D eigenvalue weighted by Gasteiger charge is 2.47. The Morgan fingerprint density at radius 1 is 1.50 bits per heavy atom. The number of carbonyl (C=O) groups is 1. The molecule has 0 aliphatic carbocycles. The van der Waals surface area contributed by atoms with Crippen molar-refractivity contribution in [1.82, 2.24) is 9.55 Å². The Balaban J connectivity index is 2.06. The minimum atomic E-state index is -1.16. The van der Waals surface area contributed by atoms with Crippen molar-refractivity contribution in [3.05, 3.63) is 29.5 Å². The third-order valence-corrected chi connectivity index (χ3v) is 3.87. The monoisotopic (exact) mass is 326 g/mol. The van der Waals surface area contributed by atoms with Crippen molar-refractivity contribution in [2.24, 2.45) is 0 Å². The van der Waals surface area contributed by atoms with Crippen LogP contribution in [0.2, 0.25) is 5.28 Å². The average Bonchev–Trinajstić information content (AvgIpc) is 2.96. The summed E-state index contributed by atoms with van der Waals surface area (Å²) in [5.41, 5.74) is 1.33. The highest BCUT2D eigenvalue weighted by Crippen LogP contribution is 2.36. The maximum absolute atomic E-state index is 11.3. The number of hydrogen-bond donors (Lipinski definition) is 2.